The Kier molecular flexibility index (Phi) is 7.80. The Morgan fingerprint density at radius 2 is 0.778 bits per heavy atom. The van der Waals surface area contributed by atoms with Gasteiger partial charge in [0, 0.05) is 33.8 Å². The van der Waals surface area contributed by atoms with Gasteiger partial charge in [-0.15, -0.1) is 0 Å². The second kappa shape index (κ2) is 14.0. The van der Waals surface area contributed by atoms with Crippen molar-refractivity contribution in [2.24, 2.45) is 0 Å². The van der Waals surface area contributed by atoms with Crippen molar-refractivity contribution < 1.29 is 0 Å². The molecule has 4 aromatic heterocycles. The minimum Gasteiger partial charge on any atom is -0.298 e. The van der Waals surface area contributed by atoms with Crippen LogP contribution in [0.4, 0.5) is 0 Å². The van der Waals surface area contributed by atoms with Crippen LogP contribution in [0, 0.1) is 0 Å². The number of rotatable bonds is 5. The minimum absolute atomic E-state index is 0.616. The molecule has 0 aliphatic heterocycles. The van der Waals surface area contributed by atoms with Gasteiger partial charge in [-0.3, -0.25) is 4.40 Å². The first-order valence-corrected chi connectivity index (χ1v) is 21.2. The Bertz CT molecular complexity index is 3830. The first-order valence-electron chi connectivity index (χ1n) is 21.2. The lowest BCUT2D eigenvalue weighted by atomic mass is 9.96. The van der Waals surface area contributed by atoms with Crippen LogP contribution in [0.3, 0.4) is 0 Å². The predicted molar refractivity (Wildman–Crippen MR) is 259 cm³/mol. The third-order valence-corrected chi connectivity index (χ3v) is 12.4. The van der Waals surface area contributed by atoms with E-state index in [0.29, 0.717) is 17.5 Å². The van der Waals surface area contributed by atoms with Gasteiger partial charge in [0.2, 0.25) is 0 Å². The van der Waals surface area contributed by atoms with Crippen molar-refractivity contribution in [3.05, 3.63) is 206 Å². The summed E-state index contributed by atoms with van der Waals surface area (Å²) in [5, 5.41) is 10.3. The van der Waals surface area contributed by atoms with E-state index in [4.69, 9.17) is 24.9 Å². The van der Waals surface area contributed by atoms with Crippen LogP contribution in [0.1, 0.15) is 0 Å². The number of imidazole rings is 1. The van der Waals surface area contributed by atoms with Gasteiger partial charge < -0.3 is 0 Å². The number of para-hydroxylation sites is 1. The molecule has 4 heterocycles. The molecule has 0 bridgehead atoms. The summed E-state index contributed by atoms with van der Waals surface area (Å²) in [6, 6.07) is 70.1. The highest BCUT2D eigenvalue weighted by Gasteiger charge is 2.20. The maximum Gasteiger partial charge on any atom is 0.164 e. The van der Waals surface area contributed by atoms with Crippen LogP contribution in [-0.2, 0) is 0 Å². The number of aromatic nitrogens is 6. The lowest BCUT2D eigenvalue weighted by molar-refractivity contribution is 1.08. The Morgan fingerprint density at radius 1 is 0.317 bits per heavy atom. The van der Waals surface area contributed by atoms with Gasteiger partial charge in [0.15, 0.2) is 17.5 Å². The van der Waals surface area contributed by atoms with Crippen LogP contribution in [0.2, 0.25) is 0 Å². The third kappa shape index (κ3) is 5.69. The van der Waals surface area contributed by atoms with Crippen LogP contribution in [0.5, 0.6) is 0 Å². The Labute approximate surface area is 361 Å². The largest absolute Gasteiger partial charge is 0.298 e. The smallest absolute Gasteiger partial charge is 0.164 e. The third-order valence-electron chi connectivity index (χ3n) is 12.4. The van der Waals surface area contributed by atoms with Crippen molar-refractivity contribution in [2.75, 3.05) is 0 Å². The standard InChI is InChI=1S/C57H34N6/c1-3-15-41-39(13-1)33-48(45-19-7-5-17-43(41)45)56-60-55(61-57(62-56)49-34-40-14-2-4-16-42(40)44-18-6-8-20-46(44)49)38-30-26-36(27-31-38)35-24-28-37(29-25-35)52-54-53(47-21-9-10-22-50(47)58-52)59-51-23-11-12-32-63(51)54/h1-34H. The van der Waals surface area contributed by atoms with Crippen molar-refractivity contribution in [3.63, 3.8) is 0 Å². The zero-order valence-electron chi connectivity index (χ0n) is 33.8. The molecule has 292 valence electrons. The molecule has 13 rings (SSSR count). The fraction of sp³-hybridized carbons (Fsp3) is 0. The molecule has 0 unspecified atom stereocenters. The summed E-state index contributed by atoms with van der Waals surface area (Å²) in [5.41, 5.74) is 10.8. The number of nitrogens with zero attached hydrogens (tertiary/aromatic N) is 6. The first-order chi connectivity index (χ1) is 31.2. The number of fused-ring (bicyclic) bond motifs is 11. The monoisotopic (exact) mass is 802 g/mol. The van der Waals surface area contributed by atoms with E-state index in [0.717, 1.165) is 88.2 Å². The van der Waals surface area contributed by atoms with Crippen molar-refractivity contribution >= 4 is 70.7 Å². The molecule has 63 heavy (non-hydrogen) atoms. The van der Waals surface area contributed by atoms with Crippen LogP contribution in [0.25, 0.3) is 127 Å². The molecule has 0 atom stereocenters. The zero-order chi connectivity index (χ0) is 41.4. The van der Waals surface area contributed by atoms with E-state index in [1.807, 2.05) is 30.3 Å². The summed E-state index contributed by atoms with van der Waals surface area (Å²) in [6.45, 7) is 0. The van der Waals surface area contributed by atoms with Crippen LogP contribution < -0.4 is 0 Å². The molecule has 0 aliphatic rings. The number of hydrogen-bond donors (Lipinski definition) is 0. The van der Waals surface area contributed by atoms with Gasteiger partial charge in [-0.25, -0.2) is 24.9 Å². The molecule has 0 fully saturated rings. The van der Waals surface area contributed by atoms with Gasteiger partial charge in [-0.2, -0.15) is 0 Å². The maximum absolute atomic E-state index is 5.33. The summed E-state index contributed by atoms with van der Waals surface area (Å²) < 4.78 is 2.14. The van der Waals surface area contributed by atoms with Gasteiger partial charge in [0.25, 0.3) is 0 Å². The topological polar surface area (TPSA) is 68.9 Å². The van der Waals surface area contributed by atoms with Crippen molar-refractivity contribution in [2.45, 2.75) is 0 Å². The quantitative estimate of drug-likeness (QED) is 0.162. The molecule has 0 saturated carbocycles. The van der Waals surface area contributed by atoms with E-state index < -0.39 is 0 Å². The maximum atomic E-state index is 5.33. The highest BCUT2D eigenvalue weighted by atomic mass is 15.0. The van der Waals surface area contributed by atoms with Crippen molar-refractivity contribution in [1.82, 2.24) is 29.3 Å². The fourth-order valence-electron chi connectivity index (χ4n) is 9.41. The second-order valence-corrected chi connectivity index (χ2v) is 16.1. The Balaban J connectivity index is 0.942. The highest BCUT2D eigenvalue weighted by molar-refractivity contribution is 6.15. The van der Waals surface area contributed by atoms with E-state index >= 15 is 0 Å². The lowest BCUT2D eigenvalue weighted by Gasteiger charge is -2.14. The molecule has 9 aromatic carbocycles. The minimum atomic E-state index is 0.616. The van der Waals surface area contributed by atoms with Gasteiger partial charge in [-0.1, -0.05) is 170 Å². The van der Waals surface area contributed by atoms with Crippen molar-refractivity contribution in [1.29, 1.82) is 0 Å². The Hall–Kier alpha value is -8.61. The summed E-state index contributed by atoms with van der Waals surface area (Å²) in [5.74, 6) is 1.89. The van der Waals surface area contributed by atoms with Gasteiger partial charge in [0.05, 0.1) is 16.7 Å². The van der Waals surface area contributed by atoms with Crippen molar-refractivity contribution in [3.8, 4) is 56.5 Å². The molecular weight excluding hydrogens is 769 g/mol. The first kappa shape index (κ1) is 35.2. The summed E-state index contributed by atoms with van der Waals surface area (Å²) in [6.07, 6.45) is 2.06. The van der Waals surface area contributed by atoms with Crippen LogP contribution >= 0.6 is 0 Å². The lowest BCUT2D eigenvalue weighted by Crippen LogP contribution is -2.01. The molecule has 6 nitrogen and oxygen atoms in total. The molecule has 0 radical (unpaired) electrons. The van der Waals surface area contributed by atoms with Gasteiger partial charge >= 0.3 is 0 Å². The zero-order valence-corrected chi connectivity index (χ0v) is 33.8. The summed E-state index contributed by atoms with van der Waals surface area (Å²) in [7, 11) is 0. The molecule has 0 aliphatic carbocycles. The highest BCUT2D eigenvalue weighted by Crippen LogP contribution is 2.39. The molecule has 0 N–H and O–H groups in total. The van der Waals surface area contributed by atoms with E-state index in [2.05, 4.69) is 180 Å². The number of pyridine rings is 2. The summed E-state index contributed by atoms with van der Waals surface area (Å²) >= 11 is 0. The summed E-state index contributed by atoms with van der Waals surface area (Å²) in [4.78, 5) is 26.1. The van der Waals surface area contributed by atoms with E-state index in [9.17, 15) is 0 Å². The van der Waals surface area contributed by atoms with Crippen LogP contribution in [-0.4, -0.2) is 29.3 Å². The molecular formula is C57H34N6. The van der Waals surface area contributed by atoms with Gasteiger partial charge in [-0.05, 0) is 84.5 Å². The van der Waals surface area contributed by atoms with E-state index in [1.54, 1.807) is 0 Å². The molecule has 0 spiro atoms. The molecule has 0 saturated heterocycles. The second-order valence-electron chi connectivity index (χ2n) is 16.1. The normalized spacial score (nSPS) is 11.8. The van der Waals surface area contributed by atoms with Gasteiger partial charge in [0.1, 0.15) is 11.2 Å². The SMILES string of the molecule is c1ccc2c(c1)cc(-c1nc(-c3ccc(-c4ccc(-c5nc6ccccc6c6nc7ccccn7c56)cc4)cc3)nc(-c3cc4ccccc4c4ccccc34)n1)c1ccccc12. The molecule has 0 amide bonds. The predicted octanol–water partition coefficient (Wildman–Crippen LogP) is 14.2. The number of benzene rings is 9. The van der Waals surface area contributed by atoms with E-state index in [-0.39, 0.29) is 0 Å². The van der Waals surface area contributed by atoms with Crippen LogP contribution in [0.15, 0.2) is 206 Å². The molecule has 13 aromatic rings. The fourth-order valence-corrected chi connectivity index (χ4v) is 9.41. The Morgan fingerprint density at radius 3 is 1.38 bits per heavy atom. The average molecular weight is 803 g/mol. The number of hydrogen-bond acceptors (Lipinski definition) is 5. The van der Waals surface area contributed by atoms with E-state index in [1.165, 1.54) is 21.5 Å². The average Bonchev–Trinajstić information content (AvgIpc) is 3.76. The molecule has 6 heteroatoms.